The van der Waals surface area contributed by atoms with Gasteiger partial charge in [0.15, 0.2) is 5.43 Å². The Hall–Kier alpha value is -1.77. The van der Waals surface area contributed by atoms with E-state index in [2.05, 4.69) is 0 Å². The summed E-state index contributed by atoms with van der Waals surface area (Å²) >= 11 is 0.153. The zero-order chi connectivity index (χ0) is 16.7. The second kappa shape index (κ2) is 5.45. The van der Waals surface area contributed by atoms with E-state index < -0.39 is 28.6 Å². The Morgan fingerprint density at radius 3 is 2.32 bits per heavy atom. The Bertz CT molecular complexity index is 756. The molecular formula is C13H8F6O2S. The quantitative estimate of drug-likeness (QED) is 0.776. The smallest absolute Gasteiger partial charge is 0.374 e. The first-order valence-electron chi connectivity index (χ1n) is 5.77. The lowest BCUT2D eigenvalue weighted by atomic mass is 10.1. The van der Waals surface area contributed by atoms with Gasteiger partial charge >= 0.3 is 18.3 Å². The second-order valence-electron chi connectivity index (χ2n) is 4.34. The van der Waals surface area contributed by atoms with Crippen molar-refractivity contribution in [1.82, 2.24) is 0 Å². The summed E-state index contributed by atoms with van der Waals surface area (Å²) in [7, 11) is 1.32. The van der Waals surface area contributed by atoms with E-state index in [1.165, 1.54) is 25.3 Å². The number of alkyl halides is 6. The highest BCUT2D eigenvalue weighted by molar-refractivity contribution is 7.18. The Morgan fingerprint density at radius 1 is 1.14 bits per heavy atom. The molecular weight excluding hydrogens is 334 g/mol. The maximum atomic E-state index is 13.7. The molecule has 1 aromatic carbocycles. The van der Waals surface area contributed by atoms with Crippen molar-refractivity contribution >= 4 is 21.4 Å². The average molecular weight is 342 g/mol. The van der Waals surface area contributed by atoms with Crippen LogP contribution in [-0.2, 0) is 5.92 Å². The number of rotatable bonds is 4. The average Bonchev–Trinajstić information content (AvgIpc) is 2.46. The van der Waals surface area contributed by atoms with Crippen LogP contribution in [0.3, 0.4) is 0 Å². The Balaban J connectivity index is 2.65. The van der Waals surface area contributed by atoms with Gasteiger partial charge in [-0.2, -0.15) is 17.6 Å². The zero-order valence-electron chi connectivity index (χ0n) is 10.9. The van der Waals surface area contributed by atoms with Gasteiger partial charge in [0.1, 0.15) is 5.75 Å². The largest absolute Gasteiger partial charge is 0.497 e. The standard InChI is InChI=1S/C13H8F6O2S/c1-21-6-2-3-9-7(4-6)8(20)5-10(22-9)12(16,17)13(18,19)11(14)15/h2-5,11H,1H3. The monoisotopic (exact) mass is 342 g/mol. The predicted molar refractivity (Wildman–Crippen MR) is 69.5 cm³/mol. The number of hydrogen-bond acceptors (Lipinski definition) is 3. The van der Waals surface area contributed by atoms with E-state index in [4.69, 9.17) is 4.74 Å². The first-order valence-corrected chi connectivity index (χ1v) is 6.59. The van der Waals surface area contributed by atoms with E-state index in [9.17, 15) is 31.1 Å². The molecule has 120 valence electrons. The highest BCUT2D eigenvalue weighted by Crippen LogP contribution is 2.48. The molecule has 0 saturated heterocycles. The molecule has 2 nitrogen and oxygen atoms in total. The number of methoxy groups -OCH3 is 1. The van der Waals surface area contributed by atoms with Gasteiger partial charge in [-0.3, -0.25) is 4.79 Å². The van der Waals surface area contributed by atoms with E-state index in [0.717, 1.165) is 0 Å². The number of benzene rings is 1. The minimum Gasteiger partial charge on any atom is -0.497 e. The first-order chi connectivity index (χ1) is 10.1. The molecule has 0 atom stereocenters. The number of halogens is 6. The topological polar surface area (TPSA) is 26.3 Å². The molecule has 0 saturated carbocycles. The van der Waals surface area contributed by atoms with E-state index >= 15 is 0 Å². The van der Waals surface area contributed by atoms with E-state index in [0.29, 0.717) is 0 Å². The van der Waals surface area contributed by atoms with Crippen LogP contribution in [0.4, 0.5) is 26.3 Å². The molecule has 2 rings (SSSR count). The van der Waals surface area contributed by atoms with Crippen molar-refractivity contribution in [2.45, 2.75) is 18.3 Å². The molecule has 0 bridgehead atoms. The van der Waals surface area contributed by atoms with Crippen molar-refractivity contribution < 1.29 is 31.1 Å². The molecule has 1 heterocycles. The number of ether oxygens (including phenoxy) is 1. The highest BCUT2D eigenvalue weighted by atomic mass is 32.1. The van der Waals surface area contributed by atoms with E-state index in [-0.39, 0.29) is 33.2 Å². The SMILES string of the molecule is COc1ccc2sc(C(F)(F)C(F)(F)C(F)F)cc(=O)c2c1. The zero-order valence-corrected chi connectivity index (χ0v) is 11.7. The molecule has 0 aliphatic heterocycles. The summed E-state index contributed by atoms with van der Waals surface area (Å²) < 4.78 is 82.6. The van der Waals surface area contributed by atoms with Crippen LogP contribution in [0.1, 0.15) is 4.88 Å². The second-order valence-corrected chi connectivity index (χ2v) is 5.42. The van der Waals surface area contributed by atoms with Crippen LogP contribution in [0, 0.1) is 0 Å². The molecule has 0 aliphatic carbocycles. The normalized spacial score (nSPS) is 12.9. The predicted octanol–water partition coefficient (Wildman–Crippen LogP) is 4.26. The summed E-state index contributed by atoms with van der Waals surface area (Å²) in [5.41, 5.74) is -0.979. The number of fused-ring (bicyclic) bond motifs is 1. The molecule has 0 aliphatic rings. The summed E-state index contributed by atoms with van der Waals surface area (Å²) in [6, 6.07) is 4.07. The molecule has 0 N–H and O–H groups in total. The van der Waals surface area contributed by atoms with Gasteiger partial charge in [0.25, 0.3) is 0 Å². The van der Waals surface area contributed by atoms with Crippen LogP contribution < -0.4 is 10.2 Å². The van der Waals surface area contributed by atoms with Crippen molar-refractivity contribution in [3.63, 3.8) is 0 Å². The van der Waals surface area contributed by atoms with Gasteiger partial charge in [0.05, 0.1) is 12.0 Å². The van der Waals surface area contributed by atoms with Crippen LogP contribution in [0.5, 0.6) is 5.75 Å². The number of hydrogen-bond donors (Lipinski definition) is 0. The molecule has 0 amide bonds. The van der Waals surface area contributed by atoms with Crippen LogP contribution in [0.2, 0.25) is 0 Å². The summed E-state index contributed by atoms with van der Waals surface area (Å²) in [6.07, 6.45) is -4.56. The lowest BCUT2D eigenvalue weighted by Crippen LogP contribution is -2.44. The Morgan fingerprint density at radius 2 is 1.77 bits per heavy atom. The summed E-state index contributed by atoms with van der Waals surface area (Å²) in [4.78, 5) is 10.4. The minimum atomic E-state index is -5.57. The molecule has 0 unspecified atom stereocenters. The molecule has 0 spiro atoms. The minimum absolute atomic E-state index is 0.0238. The third kappa shape index (κ3) is 2.53. The fraction of sp³-hybridized carbons (Fsp3) is 0.308. The third-order valence-electron chi connectivity index (χ3n) is 2.94. The van der Waals surface area contributed by atoms with Gasteiger partial charge in [0.2, 0.25) is 0 Å². The highest BCUT2D eigenvalue weighted by Gasteiger charge is 2.64. The van der Waals surface area contributed by atoms with Gasteiger partial charge in [-0.1, -0.05) is 0 Å². The molecule has 22 heavy (non-hydrogen) atoms. The van der Waals surface area contributed by atoms with Gasteiger partial charge in [0, 0.05) is 16.2 Å². The lowest BCUT2D eigenvalue weighted by molar-refractivity contribution is -0.268. The van der Waals surface area contributed by atoms with E-state index in [1.807, 2.05) is 0 Å². The van der Waals surface area contributed by atoms with Crippen LogP contribution in [0.15, 0.2) is 29.1 Å². The van der Waals surface area contributed by atoms with Crippen molar-refractivity contribution in [2.24, 2.45) is 0 Å². The van der Waals surface area contributed by atoms with Crippen molar-refractivity contribution in [3.8, 4) is 5.75 Å². The fourth-order valence-electron chi connectivity index (χ4n) is 1.72. The lowest BCUT2D eigenvalue weighted by Gasteiger charge is -2.25. The fourth-order valence-corrected chi connectivity index (χ4v) is 2.79. The maximum absolute atomic E-state index is 13.7. The molecule has 2 aromatic rings. The molecule has 1 aromatic heterocycles. The van der Waals surface area contributed by atoms with Gasteiger partial charge in [-0.25, -0.2) is 8.78 Å². The van der Waals surface area contributed by atoms with Crippen LogP contribution >= 0.6 is 11.3 Å². The molecule has 0 radical (unpaired) electrons. The van der Waals surface area contributed by atoms with Gasteiger partial charge in [-0.05, 0) is 18.2 Å². The Kier molecular flexibility index (Phi) is 4.12. The molecule has 9 heteroatoms. The summed E-state index contributed by atoms with van der Waals surface area (Å²) in [5, 5.41) is -0.0238. The van der Waals surface area contributed by atoms with Crippen molar-refractivity contribution in [2.75, 3.05) is 7.11 Å². The van der Waals surface area contributed by atoms with Crippen LogP contribution in [0.25, 0.3) is 10.1 Å². The van der Waals surface area contributed by atoms with Gasteiger partial charge in [-0.15, -0.1) is 11.3 Å². The summed E-state index contributed by atoms with van der Waals surface area (Å²) in [6.45, 7) is 0. The van der Waals surface area contributed by atoms with Gasteiger partial charge < -0.3 is 4.74 Å². The van der Waals surface area contributed by atoms with Crippen LogP contribution in [-0.4, -0.2) is 19.5 Å². The first kappa shape index (κ1) is 16.6. The van der Waals surface area contributed by atoms with E-state index in [1.54, 1.807) is 0 Å². The van der Waals surface area contributed by atoms with Crippen molar-refractivity contribution in [1.29, 1.82) is 0 Å². The third-order valence-corrected chi connectivity index (χ3v) is 4.11. The molecule has 0 fully saturated rings. The Labute approximate surface area is 123 Å². The maximum Gasteiger partial charge on any atom is 0.374 e. The van der Waals surface area contributed by atoms with Crippen molar-refractivity contribution in [3.05, 3.63) is 39.4 Å². The summed E-state index contributed by atoms with van der Waals surface area (Å²) in [5.74, 6) is -10.5.